The molecule has 0 saturated carbocycles. The molecule has 4 rings (SSSR count). The van der Waals surface area contributed by atoms with Gasteiger partial charge in [0.15, 0.2) is 0 Å². The van der Waals surface area contributed by atoms with Gasteiger partial charge in [-0.05, 0) is 53.9 Å². The lowest BCUT2D eigenvalue weighted by Crippen LogP contribution is -2.17. The summed E-state index contributed by atoms with van der Waals surface area (Å²) in [5.74, 6) is 2.98. The van der Waals surface area contributed by atoms with Gasteiger partial charge in [-0.15, -0.1) is 4.40 Å². The molecule has 1 unspecified atom stereocenters. The van der Waals surface area contributed by atoms with Crippen molar-refractivity contribution < 1.29 is 18.0 Å². The highest BCUT2D eigenvalue weighted by atomic mass is 32.2. The lowest BCUT2D eigenvalue weighted by atomic mass is 10.1. The predicted octanol–water partition coefficient (Wildman–Crippen LogP) is 4.50. The molecule has 1 atom stereocenters. The number of benzene rings is 3. The third-order valence-electron chi connectivity index (χ3n) is 4.27. The van der Waals surface area contributed by atoms with E-state index in [-0.39, 0.29) is 0 Å². The molecular weight excluding hydrogens is 388 g/mol. The van der Waals surface area contributed by atoms with Crippen LogP contribution >= 0.6 is 0 Å². The number of aryl methyl sites for hydroxylation is 1. The van der Waals surface area contributed by atoms with Gasteiger partial charge in [0.2, 0.25) is 0 Å². The second kappa shape index (κ2) is 9.36. The number of ether oxygens (including phenoxy) is 2. The summed E-state index contributed by atoms with van der Waals surface area (Å²) in [6, 6.07) is 25.5. The lowest BCUT2D eigenvalue weighted by molar-refractivity contribution is 0.302. The van der Waals surface area contributed by atoms with Gasteiger partial charge in [-0.25, -0.2) is 9.69 Å². The van der Waals surface area contributed by atoms with Crippen molar-refractivity contribution in [3.05, 3.63) is 90.0 Å². The fraction of sp³-hybridized carbons (Fsp3) is 0.136. The summed E-state index contributed by atoms with van der Waals surface area (Å²) in [5.41, 5.74) is 4.73. The van der Waals surface area contributed by atoms with E-state index < -0.39 is 11.3 Å². The third kappa shape index (κ3) is 5.66. The van der Waals surface area contributed by atoms with Crippen molar-refractivity contribution in [2.24, 2.45) is 4.40 Å². The average molecular weight is 408 g/mol. The second-order valence-corrected chi connectivity index (χ2v) is 7.22. The Morgan fingerprint density at radius 1 is 0.828 bits per heavy atom. The van der Waals surface area contributed by atoms with Crippen molar-refractivity contribution in [1.29, 1.82) is 0 Å². The number of hydroxylamine groups is 1. The minimum atomic E-state index is -1.60. The number of hydrogen-bond acceptors (Lipinski definition) is 5. The molecule has 1 N–H and O–H groups in total. The molecule has 1 aliphatic rings. The zero-order valence-corrected chi connectivity index (χ0v) is 16.4. The highest BCUT2D eigenvalue weighted by Gasteiger charge is 2.12. The molecule has 0 spiro atoms. The zero-order valence-electron chi connectivity index (χ0n) is 15.6. The van der Waals surface area contributed by atoms with Crippen LogP contribution < -0.4 is 15.0 Å². The van der Waals surface area contributed by atoms with E-state index in [9.17, 15) is 4.21 Å². The first-order valence-electron chi connectivity index (χ1n) is 9.21. The van der Waals surface area contributed by atoms with E-state index in [1.54, 1.807) is 0 Å². The largest absolute Gasteiger partial charge is 0.489 e. The van der Waals surface area contributed by atoms with Gasteiger partial charge in [0.25, 0.3) is 0 Å². The minimum Gasteiger partial charge on any atom is -0.489 e. The first-order valence-corrected chi connectivity index (χ1v) is 10.2. The van der Waals surface area contributed by atoms with Gasteiger partial charge < -0.3 is 9.47 Å². The fourth-order valence-corrected chi connectivity index (χ4v) is 3.33. The Hall–Kier alpha value is -3.16. The van der Waals surface area contributed by atoms with Gasteiger partial charge in [0.05, 0.1) is 0 Å². The molecule has 148 valence electrons. The standard InChI is InChI=1S/C22H20N2O4S/c25-29-24-22(23-28-29)14-11-17-9-12-19(13-10-17)26-16-18-5-4-8-21(15-18)27-20-6-2-1-3-7-20/h1-10,12-13,15H,11,14,16H2,(H,23,24). The average Bonchev–Trinajstić information content (AvgIpc) is 3.18. The molecule has 0 bridgehead atoms. The van der Waals surface area contributed by atoms with Gasteiger partial charge in [-0.1, -0.05) is 42.5 Å². The van der Waals surface area contributed by atoms with Crippen LogP contribution in [0, 0.1) is 0 Å². The molecule has 1 heterocycles. The van der Waals surface area contributed by atoms with Gasteiger partial charge in [0, 0.05) is 6.42 Å². The Morgan fingerprint density at radius 2 is 1.62 bits per heavy atom. The maximum atomic E-state index is 11.0. The maximum absolute atomic E-state index is 11.0. The van der Waals surface area contributed by atoms with Crippen LogP contribution in [0.4, 0.5) is 0 Å². The van der Waals surface area contributed by atoms with Crippen LogP contribution in [0.25, 0.3) is 0 Å². The van der Waals surface area contributed by atoms with Gasteiger partial charge in [0.1, 0.15) is 29.7 Å². The summed E-state index contributed by atoms with van der Waals surface area (Å²) in [6.45, 7) is 0.454. The predicted molar refractivity (Wildman–Crippen MR) is 112 cm³/mol. The summed E-state index contributed by atoms with van der Waals surface area (Å²) < 4.78 is 31.3. The van der Waals surface area contributed by atoms with Gasteiger partial charge in [-0.3, -0.25) is 0 Å². The number of amidine groups is 1. The summed E-state index contributed by atoms with van der Waals surface area (Å²) in [4.78, 5) is 0. The first-order chi connectivity index (χ1) is 14.2. The molecule has 0 saturated heterocycles. The number of rotatable bonds is 8. The molecule has 3 aromatic carbocycles. The van der Waals surface area contributed by atoms with E-state index in [1.165, 1.54) is 0 Å². The summed E-state index contributed by atoms with van der Waals surface area (Å²) in [7, 11) is 0. The van der Waals surface area contributed by atoms with Crippen LogP contribution in [0.5, 0.6) is 17.2 Å². The van der Waals surface area contributed by atoms with Crippen LogP contribution in [0.15, 0.2) is 83.3 Å². The van der Waals surface area contributed by atoms with E-state index in [0.717, 1.165) is 34.8 Å². The fourth-order valence-electron chi connectivity index (χ4n) is 2.81. The SMILES string of the molecule is O=S1N=C(CCc2ccc(OCc3cccc(Oc4ccccc4)c3)cc2)NO1. The quantitative estimate of drug-likeness (QED) is 0.594. The highest BCUT2D eigenvalue weighted by Crippen LogP contribution is 2.23. The van der Waals surface area contributed by atoms with E-state index in [1.807, 2.05) is 78.9 Å². The molecule has 0 fully saturated rings. The number of nitrogens with one attached hydrogen (secondary N) is 1. The third-order valence-corrected chi connectivity index (χ3v) is 4.87. The molecule has 0 amide bonds. The van der Waals surface area contributed by atoms with Crippen molar-refractivity contribution in [2.45, 2.75) is 19.4 Å². The molecule has 6 nitrogen and oxygen atoms in total. The Balaban J connectivity index is 1.29. The zero-order chi connectivity index (χ0) is 19.9. The number of para-hydroxylation sites is 1. The van der Waals surface area contributed by atoms with Gasteiger partial charge >= 0.3 is 11.3 Å². The van der Waals surface area contributed by atoms with Crippen molar-refractivity contribution >= 4 is 17.1 Å². The van der Waals surface area contributed by atoms with Crippen LogP contribution in [0.3, 0.4) is 0 Å². The molecule has 29 heavy (non-hydrogen) atoms. The Morgan fingerprint density at radius 3 is 2.38 bits per heavy atom. The maximum Gasteiger partial charge on any atom is 0.309 e. The topological polar surface area (TPSA) is 69.2 Å². The molecule has 0 aromatic heterocycles. The van der Waals surface area contributed by atoms with E-state index in [4.69, 9.17) is 9.47 Å². The summed E-state index contributed by atoms with van der Waals surface area (Å²) in [5, 5.41) is 0. The smallest absolute Gasteiger partial charge is 0.309 e. The lowest BCUT2D eigenvalue weighted by Gasteiger charge is -2.10. The van der Waals surface area contributed by atoms with Gasteiger partial charge in [-0.2, -0.15) is 4.28 Å². The van der Waals surface area contributed by atoms with Crippen LogP contribution in [0.1, 0.15) is 17.5 Å². The number of nitrogens with zero attached hydrogens (tertiary/aromatic N) is 1. The van der Waals surface area contributed by atoms with E-state index >= 15 is 0 Å². The second-order valence-electron chi connectivity index (χ2n) is 6.44. The Kier molecular flexibility index (Phi) is 6.19. The Bertz CT molecular complexity index is 1010. The minimum absolute atomic E-state index is 0.454. The van der Waals surface area contributed by atoms with Crippen molar-refractivity contribution in [3.8, 4) is 17.2 Å². The Labute approximate surface area is 171 Å². The molecular formula is C22H20N2O4S. The molecule has 0 aliphatic carbocycles. The highest BCUT2D eigenvalue weighted by molar-refractivity contribution is 7.79. The van der Waals surface area contributed by atoms with Crippen LogP contribution in [-0.2, 0) is 28.6 Å². The van der Waals surface area contributed by atoms with Crippen molar-refractivity contribution in [1.82, 2.24) is 5.48 Å². The number of hydrogen-bond donors (Lipinski definition) is 1. The van der Waals surface area contributed by atoms with Crippen LogP contribution in [0.2, 0.25) is 0 Å². The monoisotopic (exact) mass is 408 g/mol. The molecule has 7 heteroatoms. The summed E-state index contributed by atoms with van der Waals surface area (Å²) >= 11 is -1.60. The molecule has 3 aromatic rings. The van der Waals surface area contributed by atoms with Crippen LogP contribution in [-0.4, -0.2) is 10.0 Å². The molecule has 1 aliphatic heterocycles. The van der Waals surface area contributed by atoms with E-state index in [2.05, 4.69) is 14.2 Å². The van der Waals surface area contributed by atoms with Crippen molar-refractivity contribution in [2.75, 3.05) is 0 Å². The summed E-state index contributed by atoms with van der Waals surface area (Å²) in [6.07, 6.45) is 1.41. The van der Waals surface area contributed by atoms with E-state index in [0.29, 0.717) is 18.9 Å². The van der Waals surface area contributed by atoms with Crippen molar-refractivity contribution in [3.63, 3.8) is 0 Å². The molecule has 0 radical (unpaired) electrons. The first kappa shape index (κ1) is 19.2. The normalized spacial score (nSPS) is 15.4.